The van der Waals surface area contributed by atoms with Crippen LogP contribution in [0.15, 0.2) is 18.6 Å². The first-order chi connectivity index (χ1) is 9.66. The van der Waals surface area contributed by atoms with E-state index < -0.39 is 0 Å². The van der Waals surface area contributed by atoms with E-state index in [2.05, 4.69) is 22.2 Å². The summed E-state index contributed by atoms with van der Waals surface area (Å²) in [7, 11) is 2.00. The first-order valence-electron chi connectivity index (χ1n) is 7.40. The van der Waals surface area contributed by atoms with Crippen LogP contribution in [0.5, 0.6) is 0 Å². The lowest BCUT2D eigenvalue weighted by molar-refractivity contribution is 0.235. The van der Waals surface area contributed by atoms with Gasteiger partial charge in [0.25, 0.3) is 0 Å². The normalized spacial score (nSPS) is 26.9. The molecule has 3 N–H and O–H groups in total. The van der Waals surface area contributed by atoms with Crippen molar-refractivity contribution in [2.45, 2.75) is 38.1 Å². The van der Waals surface area contributed by atoms with Gasteiger partial charge in [0.05, 0.1) is 17.4 Å². The lowest BCUT2D eigenvalue weighted by Gasteiger charge is -2.43. The van der Waals surface area contributed by atoms with Gasteiger partial charge in [0.15, 0.2) is 5.82 Å². The second-order valence-corrected chi connectivity index (χ2v) is 6.01. The van der Waals surface area contributed by atoms with Crippen molar-refractivity contribution in [1.29, 1.82) is 0 Å². The topological polar surface area (TPSA) is 68.8 Å². The monoisotopic (exact) mass is 273 g/mol. The zero-order chi connectivity index (χ0) is 14.2. The molecule has 0 spiro atoms. The fourth-order valence-corrected chi connectivity index (χ4v) is 3.34. The molecule has 2 aromatic rings. The standard InChI is InChI=1S/C15H23N5/c1-11-5-3-4-7-15(11,9-16)19-14-13-12(6-8-17-14)20(2)10-18-13/h6,8,10-11H,3-5,7,9,16H2,1-2H3,(H,17,19). The number of hydrogen-bond acceptors (Lipinski definition) is 4. The SMILES string of the molecule is CC1CCCCC1(CN)Nc1nccc2c1ncn2C. The van der Waals surface area contributed by atoms with Crippen molar-refractivity contribution in [3.05, 3.63) is 18.6 Å². The predicted molar refractivity (Wildman–Crippen MR) is 81.5 cm³/mol. The van der Waals surface area contributed by atoms with Gasteiger partial charge in [-0.15, -0.1) is 0 Å². The van der Waals surface area contributed by atoms with Crippen molar-refractivity contribution in [2.75, 3.05) is 11.9 Å². The van der Waals surface area contributed by atoms with Crippen molar-refractivity contribution in [2.24, 2.45) is 18.7 Å². The zero-order valence-electron chi connectivity index (χ0n) is 12.3. The predicted octanol–water partition coefficient (Wildman–Crippen LogP) is 2.29. The zero-order valence-corrected chi connectivity index (χ0v) is 12.3. The minimum atomic E-state index is -0.0446. The summed E-state index contributed by atoms with van der Waals surface area (Å²) in [6.07, 6.45) is 8.53. The molecule has 108 valence electrons. The third kappa shape index (κ3) is 2.06. The van der Waals surface area contributed by atoms with Gasteiger partial charge in [0.1, 0.15) is 5.52 Å². The van der Waals surface area contributed by atoms with Crippen LogP contribution in [0.25, 0.3) is 11.0 Å². The minimum Gasteiger partial charge on any atom is -0.361 e. The van der Waals surface area contributed by atoms with E-state index in [-0.39, 0.29) is 5.54 Å². The summed E-state index contributed by atoms with van der Waals surface area (Å²) in [4.78, 5) is 8.97. The largest absolute Gasteiger partial charge is 0.361 e. The number of imidazole rings is 1. The van der Waals surface area contributed by atoms with E-state index in [1.54, 1.807) is 0 Å². The molecule has 2 heterocycles. The Kier molecular flexibility index (Phi) is 3.38. The maximum Gasteiger partial charge on any atom is 0.154 e. The molecule has 1 saturated carbocycles. The van der Waals surface area contributed by atoms with E-state index in [1.165, 1.54) is 19.3 Å². The maximum absolute atomic E-state index is 6.11. The number of anilines is 1. The average Bonchev–Trinajstić information content (AvgIpc) is 2.84. The summed E-state index contributed by atoms with van der Waals surface area (Å²) < 4.78 is 2.02. The van der Waals surface area contributed by atoms with Gasteiger partial charge in [-0.25, -0.2) is 9.97 Å². The van der Waals surface area contributed by atoms with Crippen LogP contribution in [0.2, 0.25) is 0 Å². The Morgan fingerprint density at radius 3 is 3.05 bits per heavy atom. The van der Waals surface area contributed by atoms with Crippen LogP contribution >= 0.6 is 0 Å². The average molecular weight is 273 g/mol. The molecule has 0 aliphatic heterocycles. The van der Waals surface area contributed by atoms with Crippen LogP contribution < -0.4 is 11.1 Å². The summed E-state index contributed by atoms with van der Waals surface area (Å²) in [5.41, 5.74) is 8.09. The van der Waals surface area contributed by atoms with E-state index in [0.29, 0.717) is 12.5 Å². The Hall–Kier alpha value is -1.62. The van der Waals surface area contributed by atoms with Gasteiger partial charge >= 0.3 is 0 Å². The second-order valence-electron chi connectivity index (χ2n) is 6.01. The first kappa shape index (κ1) is 13.4. The number of rotatable bonds is 3. The van der Waals surface area contributed by atoms with Gasteiger partial charge < -0.3 is 15.6 Å². The van der Waals surface area contributed by atoms with Crippen molar-refractivity contribution >= 4 is 16.9 Å². The highest BCUT2D eigenvalue weighted by Crippen LogP contribution is 2.36. The number of aromatic nitrogens is 3. The lowest BCUT2D eigenvalue weighted by atomic mass is 9.73. The Bertz CT molecular complexity index is 605. The smallest absolute Gasteiger partial charge is 0.154 e. The van der Waals surface area contributed by atoms with Crippen LogP contribution in [0.3, 0.4) is 0 Å². The number of nitrogens with one attached hydrogen (secondary N) is 1. The number of fused-ring (bicyclic) bond motifs is 1. The number of nitrogens with zero attached hydrogens (tertiary/aromatic N) is 3. The Morgan fingerprint density at radius 2 is 2.30 bits per heavy atom. The Labute approximate surface area is 119 Å². The highest BCUT2D eigenvalue weighted by molar-refractivity contribution is 5.86. The van der Waals surface area contributed by atoms with Crippen molar-refractivity contribution in [3.63, 3.8) is 0 Å². The molecule has 0 radical (unpaired) electrons. The molecule has 1 aliphatic rings. The molecule has 2 aromatic heterocycles. The molecule has 5 nitrogen and oxygen atoms in total. The van der Waals surface area contributed by atoms with E-state index >= 15 is 0 Å². The van der Waals surface area contributed by atoms with Crippen LogP contribution in [-0.2, 0) is 7.05 Å². The molecular formula is C15H23N5. The third-order valence-corrected chi connectivity index (χ3v) is 4.83. The van der Waals surface area contributed by atoms with Crippen LogP contribution in [0.1, 0.15) is 32.6 Å². The summed E-state index contributed by atoms with van der Waals surface area (Å²) in [5.74, 6) is 1.42. The van der Waals surface area contributed by atoms with Gasteiger partial charge in [-0.2, -0.15) is 0 Å². The molecule has 2 atom stereocenters. The van der Waals surface area contributed by atoms with Crippen LogP contribution in [0, 0.1) is 5.92 Å². The molecule has 5 heteroatoms. The van der Waals surface area contributed by atoms with Gasteiger partial charge in [-0.1, -0.05) is 19.8 Å². The second kappa shape index (κ2) is 5.05. The molecule has 0 amide bonds. The number of nitrogens with two attached hydrogens (primary N) is 1. The van der Waals surface area contributed by atoms with Crippen LogP contribution in [-0.4, -0.2) is 26.6 Å². The van der Waals surface area contributed by atoms with E-state index in [4.69, 9.17) is 5.73 Å². The third-order valence-electron chi connectivity index (χ3n) is 4.83. The summed E-state index contributed by atoms with van der Waals surface area (Å²) in [5, 5.41) is 3.64. The molecule has 3 rings (SSSR count). The molecule has 1 aliphatic carbocycles. The Balaban J connectivity index is 1.99. The van der Waals surface area contributed by atoms with Gasteiger partial charge in [-0.3, -0.25) is 0 Å². The van der Waals surface area contributed by atoms with Crippen molar-refractivity contribution in [3.8, 4) is 0 Å². The highest BCUT2D eigenvalue weighted by Gasteiger charge is 2.37. The molecule has 0 bridgehead atoms. The number of pyridine rings is 1. The molecule has 20 heavy (non-hydrogen) atoms. The van der Waals surface area contributed by atoms with Crippen LogP contribution in [0.4, 0.5) is 5.82 Å². The highest BCUT2D eigenvalue weighted by atomic mass is 15.1. The van der Waals surface area contributed by atoms with Crippen molar-refractivity contribution < 1.29 is 0 Å². The number of hydrogen-bond donors (Lipinski definition) is 2. The quantitative estimate of drug-likeness (QED) is 0.900. The molecule has 0 aromatic carbocycles. The van der Waals surface area contributed by atoms with Gasteiger partial charge in [0, 0.05) is 19.8 Å². The molecular weight excluding hydrogens is 250 g/mol. The maximum atomic E-state index is 6.11. The minimum absolute atomic E-state index is 0.0446. The van der Waals surface area contributed by atoms with E-state index in [0.717, 1.165) is 23.3 Å². The van der Waals surface area contributed by atoms with Gasteiger partial charge in [0.2, 0.25) is 0 Å². The fourth-order valence-electron chi connectivity index (χ4n) is 3.34. The molecule has 1 fully saturated rings. The molecule has 2 unspecified atom stereocenters. The van der Waals surface area contributed by atoms with Gasteiger partial charge in [-0.05, 0) is 24.8 Å². The summed E-state index contributed by atoms with van der Waals surface area (Å²) >= 11 is 0. The van der Waals surface area contributed by atoms with Crippen molar-refractivity contribution in [1.82, 2.24) is 14.5 Å². The summed E-state index contributed by atoms with van der Waals surface area (Å²) in [6, 6.07) is 1.99. The van der Waals surface area contributed by atoms with E-state index in [9.17, 15) is 0 Å². The summed E-state index contributed by atoms with van der Waals surface area (Å²) in [6.45, 7) is 2.93. The van der Waals surface area contributed by atoms with E-state index in [1.807, 2.05) is 30.2 Å². The molecule has 0 saturated heterocycles. The fraction of sp³-hybridized carbons (Fsp3) is 0.600. The Morgan fingerprint density at radius 1 is 1.45 bits per heavy atom. The number of aryl methyl sites for hydroxylation is 1. The first-order valence-corrected chi connectivity index (χ1v) is 7.40. The lowest BCUT2D eigenvalue weighted by Crippen LogP contribution is -2.52.